The molecule has 7 N–H and O–H groups in total. The molecular weight excluding hydrogens is 1150 g/mol. The number of rotatable bonds is 16. The van der Waals surface area contributed by atoms with Crippen LogP contribution in [0.15, 0.2) is 12.2 Å². The Hall–Kier alpha value is -6.70. The summed E-state index contributed by atoms with van der Waals surface area (Å²) in [5, 5.41) is 44.5. The molecule has 0 spiro atoms. The van der Waals surface area contributed by atoms with Crippen LogP contribution in [0.4, 0.5) is 0 Å². The van der Waals surface area contributed by atoms with Gasteiger partial charge in [0.15, 0.2) is 0 Å². The van der Waals surface area contributed by atoms with E-state index in [-0.39, 0.29) is 49.9 Å². The molecule has 89 heavy (non-hydrogen) atoms. The zero-order valence-electron chi connectivity index (χ0n) is 57.7. The molecule has 0 aromatic heterocycles. The Morgan fingerprint density at radius 1 is 0.506 bits per heavy atom. The Morgan fingerprint density at radius 3 is 1.37 bits per heavy atom. The number of nitrogens with one attached hydrogen (secondary N) is 4. The van der Waals surface area contributed by atoms with Gasteiger partial charge in [-0.15, -0.1) is 0 Å². The number of carbonyl (C=O) groups is 12. The topological polar surface area (TPSA) is 336 Å². The lowest BCUT2D eigenvalue weighted by atomic mass is 9.91. The van der Waals surface area contributed by atoms with Crippen molar-refractivity contribution in [2.75, 3.05) is 49.3 Å². The molecule has 1 heterocycles. The molecule has 13 atom stereocenters. The molecule has 0 bridgehead atoms. The van der Waals surface area contributed by atoms with Gasteiger partial charge in [-0.1, -0.05) is 95.2 Å². The number of carboxylic acid groups (broad SMARTS) is 1. The maximum atomic E-state index is 15.2. The number of amides is 11. The third-order valence-electron chi connectivity index (χ3n) is 16.5. The fourth-order valence-electron chi connectivity index (χ4n) is 11.0. The van der Waals surface area contributed by atoms with Gasteiger partial charge < -0.3 is 70.9 Å². The number of aliphatic carboxylic acids is 1. The Bertz CT molecular complexity index is 2520. The molecule has 0 aromatic rings. The van der Waals surface area contributed by atoms with Crippen LogP contribution in [-0.2, 0) is 57.5 Å². The molecular formula is C63H111N11O15. The van der Waals surface area contributed by atoms with Crippen LogP contribution in [0.5, 0.6) is 0 Å². The van der Waals surface area contributed by atoms with Crippen molar-refractivity contribution in [2.24, 2.45) is 35.5 Å². The first kappa shape index (κ1) is 80.3. The molecule has 26 heteroatoms. The maximum Gasteiger partial charge on any atom is 0.336 e. The van der Waals surface area contributed by atoms with E-state index in [1.807, 2.05) is 27.7 Å². The number of likely N-dealkylation sites (N-methyl/N-ethyl adjacent to an activating group) is 7. The minimum absolute atomic E-state index is 0.0660. The van der Waals surface area contributed by atoms with E-state index >= 15 is 9.59 Å². The normalized spacial score (nSPS) is 27.2. The molecule has 1 saturated heterocycles. The van der Waals surface area contributed by atoms with Gasteiger partial charge in [-0.2, -0.15) is 0 Å². The molecule has 0 aliphatic carbocycles. The van der Waals surface area contributed by atoms with E-state index < -0.39 is 173 Å². The average molecular weight is 1260 g/mol. The Balaban J connectivity index is 4.49. The summed E-state index contributed by atoms with van der Waals surface area (Å²) in [5.74, 6) is -14.1. The lowest BCUT2D eigenvalue weighted by molar-refractivity contribution is -0.161. The third-order valence-corrected chi connectivity index (χ3v) is 16.5. The van der Waals surface area contributed by atoms with Crippen LogP contribution in [0, 0.1) is 35.5 Å². The van der Waals surface area contributed by atoms with E-state index in [4.69, 9.17) is 0 Å². The molecule has 0 saturated carbocycles. The molecule has 26 nitrogen and oxygen atoms in total. The minimum atomic E-state index is -2.37. The van der Waals surface area contributed by atoms with E-state index in [1.165, 1.54) is 84.6 Å². The summed E-state index contributed by atoms with van der Waals surface area (Å²) in [7, 11) is 8.90. The molecule has 0 aromatic carbocycles. The summed E-state index contributed by atoms with van der Waals surface area (Å²) in [6, 6.07) is -16.4. The van der Waals surface area contributed by atoms with Crippen molar-refractivity contribution in [3.05, 3.63) is 12.2 Å². The highest BCUT2D eigenvalue weighted by Crippen LogP contribution is 2.26. The number of allylic oxidation sites excluding steroid dienone is 2. The number of aliphatic hydroxyl groups excluding tert-OH is 1. The lowest BCUT2D eigenvalue weighted by Gasteiger charge is -2.41. The summed E-state index contributed by atoms with van der Waals surface area (Å²) >= 11 is 0. The highest BCUT2D eigenvalue weighted by atomic mass is 16.4. The van der Waals surface area contributed by atoms with Gasteiger partial charge in [0.05, 0.1) is 11.7 Å². The van der Waals surface area contributed by atoms with Crippen LogP contribution >= 0.6 is 0 Å². The fourth-order valence-corrected chi connectivity index (χ4v) is 11.0. The van der Waals surface area contributed by atoms with E-state index in [0.29, 0.717) is 4.90 Å². The summed E-state index contributed by atoms with van der Waals surface area (Å²) in [4.78, 5) is 182. The summed E-state index contributed by atoms with van der Waals surface area (Å²) in [6.45, 7) is 27.9. The van der Waals surface area contributed by atoms with Gasteiger partial charge in [0.25, 0.3) is 5.91 Å². The van der Waals surface area contributed by atoms with E-state index in [2.05, 4.69) is 21.3 Å². The van der Waals surface area contributed by atoms with Gasteiger partial charge in [-0.3, -0.25) is 52.7 Å². The summed E-state index contributed by atoms with van der Waals surface area (Å²) in [5.41, 5.74) is -1.72. The second kappa shape index (κ2) is 35.0. The van der Waals surface area contributed by atoms with Gasteiger partial charge >= 0.3 is 5.97 Å². The van der Waals surface area contributed by atoms with Crippen LogP contribution in [0.25, 0.3) is 0 Å². The van der Waals surface area contributed by atoms with E-state index in [1.54, 1.807) is 67.5 Å². The molecule has 1 fully saturated rings. The standard InChI is InChI=1S/C63H111N11O15/c1-25-27-28-38(13)50(75)48-54(79)66-41(26-2)56(81)74(24)49(62(87)88)61(86)71(21)45(32-63(16,17)89)53(78)67-46(36(9)10)59(84)68(18)42(29-33(3)4)52(77)64-39(14)51(76)65-40(15)55(80)69(19)43(30-34(5)6)57(82)70(20)44(31-35(7)8)58(83)72(22)47(37(11)12)60(85)73(48)23/h25,27,33-50,75,89H,26,28-32H2,1-24H3,(H,64,77)(H,65,76)(H,66,79)(H,67,78)(H,87,88)/b27-25+/t38-,39+,40-,41+,42+,43+,44+,45+,46+,47+,48+,49?,50-/m1/s1. The number of carboxylic acids is 1. The van der Waals surface area contributed by atoms with Gasteiger partial charge in [-0.05, 0) is 102 Å². The number of nitrogens with zero attached hydrogens (tertiary/aromatic N) is 7. The molecule has 508 valence electrons. The largest absolute Gasteiger partial charge is 0.479 e. The molecule has 11 amide bonds. The summed E-state index contributed by atoms with van der Waals surface area (Å²) in [6.07, 6.45) is 1.61. The first-order valence-electron chi connectivity index (χ1n) is 31.2. The summed E-state index contributed by atoms with van der Waals surface area (Å²) < 4.78 is 0. The first-order chi connectivity index (χ1) is 40.8. The second-order valence-electron chi connectivity index (χ2n) is 26.9. The Kier molecular flexibility index (Phi) is 31.6. The number of carbonyl (C=O) groups excluding carboxylic acids is 11. The van der Waals surface area contributed by atoms with Crippen molar-refractivity contribution < 1.29 is 72.9 Å². The van der Waals surface area contributed by atoms with Crippen LogP contribution in [-0.4, -0.2) is 248 Å². The highest BCUT2D eigenvalue weighted by molar-refractivity contribution is 6.06. The number of hydrogen-bond acceptors (Lipinski definition) is 14. The number of hydrogen-bond donors (Lipinski definition) is 7. The minimum Gasteiger partial charge on any atom is -0.479 e. The van der Waals surface area contributed by atoms with E-state index in [9.17, 15) is 63.3 Å². The zero-order valence-corrected chi connectivity index (χ0v) is 57.7. The van der Waals surface area contributed by atoms with Crippen LogP contribution in [0.2, 0.25) is 0 Å². The molecule has 0 radical (unpaired) electrons. The van der Waals surface area contributed by atoms with Crippen molar-refractivity contribution in [1.82, 2.24) is 55.6 Å². The van der Waals surface area contributed by atoms with E-state index in [0.717, 1.165) is 28.8 Å². The van der Waals surface area contributed by atoms with Crippen molar-refractivity contribution in [1.29, 1.82) is 0 Å². The SMILES string of the molecule is C/C=C/C[C@@H](C)[C@@H](O)[C@H]1C(=O)N[C@@H](CC)C(=O)N(C)C(C(=O)O)C(=O)N(C)[C@@H](CC(C)(C)O)C(=O)N[C@@H](C(C)C)C(=O)N(C)[C@@H](CC(C)C)C(=O)N[C@@H](C)C(=O)N[C@H](C)C(=O)N(C)[C@@H](CC(C)C)C(=O)N(C)[C@@H](CC(C)C)C(=O)N(C)[C@@H](C(C)C)C(=O)N1C. The predicted octanol–water partition coefficient (Wildman–Crippen LogP) is 1.84. The van der Waals surface area contributed by atoms with Gasteiger partial charge in [0, 0.05) is 55.8 Å². The highest BCUT2D eigenvalue weighted by Gasteiger charge is 2.47. The quantitative estimate of drug-likeness (QED) is 0.0857. The smallest absolute Gasteiger partial charge is 0.336 e. The lowest BCUT2D eigenvalue weighted by Crippen LogP contribution is -2.64. The monoisotopic (exact) mass is 1260 g/mol. The first-order valence-corrected chi connectivity index (χ1v) is 31.2. The fraction of sp³-hybridized carbons (Fsp3) is 0.778. The van der Waals surface area contributed by atoms with Gasteiger partial charge in [-0.25, -0.2) is 4.79 Å². The van der Waals surface area contributed by atoms with Crippen molar-refractivity contribution >= 4 is 70.9 Å². The second-order valence-corrected chi connectivity index (χ2v) is 26.9. The predicted molar refractivity (Wildman–Crippen MR) is 336 cm³/mol. The van der Waals surface area contributed by atoms with Crippen molar-refractivity contribution in [3.8, 4) is 0 Å². The Morgan fingerprint density at radius 2 is 0.933 bits per heavy atom. The number of aliphatic hydroxyl groups is 2. The average Bonchev–Trinajstić information content (AvgIpc) is 2.96. The van der Waals surface area contributed by atoms with Crippen molar-refractivity contribution in [3.63, 3.8) is 0 Å². The van der Waals surface area contributed by atoms with Crippen molar-refractivity contribution in [2.45, 2.75) is 234 Å². The molecule has 1 aliphatic rings. The maximum absolute atomic E-state index is 15.2. The molecule has 1 aliphatic heterocycles. The Labute approximate surface area is 529 Å². The van der Waals surface area contributed by atoms with Crippen LogP contribution in [0.3, 0.4) is 0 Å². The van der Waals surface area contributed by atoms with Crippen LogP contribution < -0.4 is 21.3 Å². The van der Waals surface area contributed by atoms with Gasteiger partial charge in [0.2, 0.25) is 65.1 Å². The zero-order chi connectivity index (χ0) is 69.3. The van der Waals surface area contributed by atoms with Crippen LogP contribution in [0.1, 0.15) is 156 Å². The third kappa shape index (κ3) is 22.0. The molecule has 1 unspecified atom stereocenters. The molecule has 1 rings (SSSR count). The van der Waals surface area contributed by atoms with Gasteiger partial charge in [0.1, 0.15) is 60.4 Å².